The van der Waals surface area contributed by atoms with Crippen molar-refractivity contribution >= 4 is 9.84 Å². The summed E-state index contributed by atoms with van der Waals surface area (Å²) in [6.45, 7) is 5.30. The monoisotopic (exact) mass is 347 g/mol. The highest BCUT2D eigenvalue weighted by atomic mass is 32.2. The maximum atomic E-state index is 12.8. The van der Waals surface area contributed by atoms with Crippen LogP contribution in [0.25, 0.3) is 0 Å². The van der Waals surface area contributed by atoms with Gasteiger partial charge in [0.25, 0.3) is 0 Å². The van der Waals surface area contributed by atoms with Crippen LogP contribution in [0.3, 0.4) is 0 Å². The number of hydrogen-bond donors (Lipinski definition) is 0. The second-order valence-electron chi connectivity index (χ2n) is 6.73. The Kier molecular flexibility index (Phi) is 4.78. The van der Waals surface area contributed by atoms with Crippen molar-refractivity contribution < 1.29 is 8.42 Å². The highest BCUT2D eigenvalue weighted by molar-refractivity contribution is 7.91. The number of aromatic nitrogens is 2. The van der Waals surface area contributed by atoms with Crippen molar-refractivity contribution in [1.82, 2.24) is 14.7 Å². The van der Waals surface area contributed by atoms with Crippen LogP contribution in [0.15, 0.2) is 35.5 Å². The van der Waals surface area contributed by atoms with Crippen LogP contribution in [0.2, 0.25) is 0 Å². The third-order valence-corrected chi connectivity index (χ3v) is 6.63. The molecule has 1 aliphatic rings. The maximum absolute atomic E-state index is 12.8. The first-order chi connectivity index (χ1) is 11.4. The first-order valence-electron chi connectivity index (χ1n) is 8.39. The number of benzene rings is 1. The van der Waals surface area contributed by atoms with Crippen LogP contribution in [-0.4, -0.2) is 41.9 Å². The zero-order chi connectivity index (χ0) is 17.3. The van der Waals surface area contributed by atoms with Gasteiger partial charge in [0, 0.05) is 31.4 Å². The van der Waals surface area contributed by atoms with Gasteiger partial charge >= 0.3 is 0 Å². The summed E-state index contributed by atoms with van der Waals surface area (Å²) in [5.74, 6) is 0.161. The van der Waals surface area contributed by atoms with Crippen molar-refractivity contribution in [2.45, 2.75) is 37.6 Å². The Morgan fingerprint density at radius 1 is 1.29 bits per heavy atom. The summed E-state index contributed by atoms with van der Waals surface area (Å²) in [5.41, 5.74) is 2.98. The average molecular weight is 347 g/mol. The van der Waals surface area contributed by atoms with E-state index in [0.717, 1.165) is 30.5 Å². The molecule has 1 atom stereocenters. The number of aryl methyl sites for hydroxylation is 3. The summed E-state index contributed by atoms with van der Waals surface area (Å²) >= 11 is 0. The Labute approximate surface area is 144 Å². The Morgan fingerprint density at radius 3 is 2.79 bits per heavy atom. The molecule has 1 saturated heterocycles. The smallest absolute Gasteiger partial charge is 0.179 e. The van der Waals surface area contributed by atoms with Gasteiger partial charge in [0.15, 0.2) is 9.84 Å². The fourth-order valence-electron chi connectivity index (χ4n) is 3.47. The minimum absolute atomic E-state index is 0.161. The molecule has 0 saturated carbocycles. The fourth-order valence-corrected chi connectivity index (χ4v) is 5.09. The predicted octanol–water partition coefficient (Wildman–Crippen LogP) is 2.65. The molecular formula is C18H25N3O2S. The Hall–Kier alpha value is -1.66. The van der Waals surface area contributed by atoms with E-state index in [9.17, 15) is 8.42 Å². The molecule has 0 spiro atoms. The molecule has 1 aliphatic heterocycles. The van der Waals surface area contributed by atoms with Gasteiger partial charge in [0.05, 0.1) is 16.8 Å². The lowest BCUT2D eigenvalue weighted by molar-refractivity contribution is 0.272. The SMILES string of the molecule is Cc1ccc(C)c(S(=O)(=O)CCN2CCCC2c2cnn(C)c2)c1. The van der Waals surface area contributed by atoms with Crippen LogP contribution in [0.5, 0.6) is 0 Å². The second-order valence-corrected chi connectivity index (χ2v) is 8.81. The van der Waals surface area contributed by atoms with Gasteiger partial charge in [-0.1, -0.05) is 12.1 Å². The lowest BCUT2D eigenvalue weighted by Gasteiger charge is -2.23. The van der Waals surface area contributed by atoms with Gasteiger partial charge in [0.1, 0.15) is 0 Å². The molecule has 0 aliphatic carbocycles. The van der Waals surface area contributed by atoms with Gasteiger partial charge in [-0.05, 0) is 50.4 Å². The lowest BCUT2D eigenvalue weighted by atomic mass is 10.1. The lowest BCUT2D eigenvalue weighted by Crippen LogP contribution is -2.29. The van der Waals surface area contributed by atoms with Crippen LogP contribution in [0.4, 0.5) is 0 Å². The minimum atomic E-state index is -3.26. The molecule has 1 fully saturated rings. The zero-order valence-corrected chi connectivity index (χ0v) is 15.4. The molecule has 130 valence electrons. The molecule has 0 N–H and O–H groups in total. The molecule has 0 bridgehead atoms. The van der Waals surface area contributed by atoms with Crippen LogP contribution < -0.4 is 0 Å². The molecular weight excluding hydrogens is 322 g/mol. The average Bonchev–Trinajstić information content (AvgIpc) is 3.16. The van der Waals surface area contributed by atoms with Crippen molar-refractivity contribution in [2.24, 2.45) is 7.05 Å². The Morgan fingerprint density at radius 2 is 2.08 bits per heavy atom. The largest absolute Gasteiger partial charge is 0.295 e. The third kappa shape index (κ3) is 3.54. The van der Waals surface area contributed by atoms with E-state index in [2.05, 4.69) is 10.00 Å². The maximum Gasteiger partial charge on any atom is 0.179 e. The van der Waals surface area contributed by atoms with E-state index in [4.69, 9.17) is 0 Å². The van der Waals surface area contributed by atoms with Crippen LogP contribution in [0.1, 0.15) is 35.6 Å². The van der Waals surface area contributed by atoms with E-state index in [-0.39, 0.29) is 11.8 Å². The quantitative estimate of drug-likeness (QED) is 0.834. The molecule has 6 heteroatoms. The fraction of sp³-hybridized carbons (Fsp3) is 0.500. The van der Waals surface area contributed by atoms with E-state index < -0.39 is 9.84 Å². The third-order valence-electron chi connectivity index (χ3n) is 4.80. The van der Waals surface area contributed by atoms with Gasteiger partial charge in [-0.3, -0.25) is 9.58 Å². The highest BCUT2D eigenvalue weighted by Gasteiger charge is 2.28. The van der Waals surface area contributed by atoms with Crippen molar-refractivity contribution in [3.63, 3.8) is 0 Å². The van der Waals surface area contributed by atoms with E-state index in [0.29, 0.717) is 11.4 Å². The molecule has 0 amide bonds. The van der Waals surface area contributed by atoms with Crippen LogP contribution in [0, 0.1) is 13.8 Å². The van der Waals surface area contributed by atoms with Crippen molar-refractivity contribution in [3.05, 3.63) is 47.3 Å². The first kappa shape index (κ1) is 17.2. The van der Waals surface area contributed by atoms with Gasteiger partial charge < -0.3 is 0 Å². The minimum Gasteiger partial charge on any atom is -0.295 e. The van der Waals surface area contributed by atoms with Crippen LogP contribution >= 0.6 is 0 Å². The van der Waals surface area contributed by atoms with E-state index in [1.54, 1.807) is 10.7 Å². The number of nitrogens with zero attached hydrogens (tertiary/aromatic N) is 3. The summed E-state index contributed by atoms with van der Waals surface area (Å²) < 4.78 is 27.3. The number of hydrogen-bond acceptors (Lipinski definition) is 4. The number of sulfone groups is 1. The summed E-state index contributed by atoms with van der Waals surface area (Å²) in [4.78, 5) is 2.75. The topological polar surface area (TPSA) is 55.2 Å². The van der Waals surface area contributed by atoms with Crippen LogP contribution in [-0.2, 0) is 16.9 Å². The summed E-state index contributed by atoms with van der Waals surface area (Å²) in [6.07, 6.45) is 6.09. The molecule has 24 heavy (non-hydrogen) atoms. The van der Waals surface area contributed by atoms with Crippen molar-refractivity contribution in [1.29, 1.82) is 0 Å². The molecule has 3 rings (SSSR count). The molecule has 1 aromatic carbocycles. The molecule has 5 nitrogen and oxygen atoms in total. The van der Waals surface area contributed by atoms with Gasteiger partial charge in [-0.15, -0.1) is 0 Å². The Bertz CT molecular complexity index is 827. The number of likely N-dealkylation sites (tertiary alicyclic amines) is 1. The van der Waals surface area contributed by atoms with Crippen molar-refractivity contribution in [3.8, 4) is 0 Å². The Balaban J connectivity index is 1.73. The summed E-state index contributed by atoms with van der Waals surface area (Å²) in [6, 6.07) is 5.91. The normalized spacial score (nSPS) is 19.0. The van der Waals surface area contributed by atoms with Crippen molar-refractivity contribution in [2.75, 3.05) is 18.8 Å². The molecule has 0 radical (unpaired) electrons. The summed E-state index contributed by atoms with van der Waals surface area (Å²) in [7, 11) is -1.35. The van der Waals surface area contributed by atoms with E-state index >= 15 is 0 Å². The second kappa shape index (κ2) is 6.69. The van der Waals surface area contributed by atoms with E-state index in [1.165, 1.54) is 5.56 Å². The van der Waals surface area contributed by atoms with Gasteiger partial charge in [-0.2, -0.15) is 5.10 Å². The molecule has 1 aromatic heterocycles. The predicted molar refractivity (Wildman–Crippen MR) is 94.7 cm³/mol. The zero-order valence-electron chi connectivity index (χ0n) is 14.6. The van der Waals surface area contributed by atoms with Gasteiger partial charge in [0.2, 0.25) is 0 Å². The number of rotatable bonds is 5. The summed E-state index contributed by atoms with van der Waals surface area (Å²) in [5, 5.41) is 4.25. The molecule has 2 heterocycles. The first-order valence-corrected chi connectivity index (χ1v) is 10.0. The molecule has 2 aromatic rings. The molecule has 1 unspecified atom stereocenters. The van der Waals surface area contributed by atoms with Gasteiger partial charge in [-0.25, -0.2) is 8.42 Å². The van der Waals surface area contributed by atoms with E-state index in [1.807, 2.05) is 45.4 Å². The highest BCUT2D eigenvalue weighted by Crippen LogP contribution is 2.31. The standard InChI is InChI=1S/C18H25N3O2S/c1-14-6-7-15(2)18(11-14)24(22,23)10-9-21-8-4-5-17(21)16-12-19-20(3)13-16/h6-7,11-13,17H,4-5,8-10H2,1-3H3.